The monoisotopic (exact) mass is 339 g/mol. The van der Waals surface area contributed by atoms with Gasteiger partial charge in [0, 0.05) is 10.0 Å². The second kappa shape index (κ2) is 6.59. The average Bonchev–Trinajstić information content (AvgIpc) is 2.85. The van der Waals surface area contributed by atoms with E-state index in [1.165, 1.54) is 5.56 Å². The van der Waals surface area contributed by atoms with Crippen LogP contribution in [0.5, 0.6) is 0 Å². The normalized spacial score (nSPS) is 12.6. The lowest BCUT2D eigenvalue weighted by Gasteiger charge is -2.08. The van der Waals surface area contributed by atoms with Gasteiger partial charge >= 0.3 is 0 Å². The molecule has 0 aliphatic carbocycles. The summed E-state index contributed by atoms with van der Waals surface area (Å²) in [4.78, 5) is 0. The van der Waals surface area contributed by atoms with Crippen LogP contribution in [0.1, 0.15) is 36.9 Å². The van der Waals surface area contributed by atoms with Gasteiger partial charge in [0.05, 0.1) is 6.04 Å². The SMILES string of the molecule is CCCNC(C)c1nnc(-c2ccc(C)cc2Br)s1. The van der Waals surface area contributed by atoms with Crippen molar-refractivity contribution < 1.29 is 0 Å². The van der Waals surface area contributed by atoms with Gasteiger partial charge in [0.25, 0.3) is 0 Å². The summed E-state index contributed by atoms with van der Waals surface area (Å²) in [7, 11) is 0. The topological polar surface area (TPSA) is 37.8 Å². The second-order valence-electron chi connectivity index (χ2n) is 4.60. The molecule has 19 heavy (non-hydrogen) atoms. The molecule has 0 bridgehead atoms. The van der Waals surface area contributed by atoms with Gasteiger partial charge in [-0.2, -0.15) is 0 Å². The quantitative estimate of drug-likeness (QED) is 0.880. The van der Waals surface area contributed by atoms with E-state index in [9.17, 15) is 0 Å². The number of hydrogen-bond donors (Lipinski definition) is 1. The molecule has 0 aliphatic rings. The lowest BCUT2D eigenvalue weighted by Crippen LogP contribution is -2.18. The van der Waals surface area contributed by atoms with Crippen LogP contribution in [0.25, 0.3) is 10.6 Å². The Kier molecular flexibility index (Phi) is 5.07. The zero-order valence-corrected chi connectivity index (χ0v) is 13.8. The minimum atomic E-state index is 0.260. The van der Waals surface area contributed by atoms with Crippen LogP contribution in [0.4, 0.5) is 0 Å². The van der Waals surface area contributed by atoms with Crippen LogP contribution < -0.4 is 5.32 Å². The number of nitrogens with zero attached hydrogens (tertiary/aromatic N) is 2. The van der Waals surface area contributed by atoms with Crippen molar-refractivity contribution in [2.45, 2.75) is 33.2 Å². The van der Waals surface area contributed by atoms with Crippen LogP contribution >= 0.6 is 27.3 Å². The molecule has 0 spiro atoms. The Labute approximate surface area is 126 Å². The summed E-state index contributed by atoms with van der Waals surface area (Å²) in [6.45, 7) is 7.37. The average molecular weight is 340 g/mol. The van der Waals surface area contributed by atoms with E-state index in [-0.39, 0.29) is 6.04 Å². The van der Waals surface area contributed by atoms with E-state index in [4.69, 9.17) is 0 Å². The molecule has 0 saturated heterocycles. The Morgan fingerprint density at radius 3 is 2.84 bits per heavy atom. The predicted molar refractivity (Wildman–Crippen MR) is 84.5 cm³/mol. The van der Waals surface area contributed by atoms with Crippen molar-refractivity contribution in [3.8, 4) is 10.6 Å². The molecule has 102 valence electrons. The van der Waals surface area contributed by atoms with Crippen molar-refractivity contribution in [1.82, 2.24) is 15.5 Å². The third-order valence-electron chi connectivity index (χ3n) is 2.87. The molecule has 1 unspecified atom stereocenters. The number of hydrogen-bond acceptors (Lipinski definition) is 4. The Morgan fingerprint density at radius 1 is 1.37 bits per heavy atom. The number of nitrogens with one attached hydrogen (secondary N) is 1. The number of aryl methyl sites for hydroxylation is 1. The van der Waals surface area contributed by atoms with Crippen LogP contribution in [0.15, 0.2) is 22.7 Å². The number of rotatable bonds is 5. The van der Waals surface area contributed by atoms with Crippen LogP contribution in [0.2, 0.25) is 0 Å². The molecule has 1 aromatic carbocycles. The highest BCUT2D eigenvalue weighted by Crippen LogP contribution is 2.32. The smallest absolute Gasteiger partial charge is 0.148 e. The van der Waals surface area contributed by atoms with E-state index in [2.05, 4.69) is 70.4 Å². The maximum absolute atomic E-state index is 4.30. The fourth-order valence-corrected chi connectivity index (χ4v) is 3.48. The molecule has 1 aromatic heterocycles. The van der Waals surface area contributed by atoms with Gasteiger partial charge in [0.1, 0.15) is 10.0 Å². The highest BCUT2D eigenvalue weighted by molar-refractivity contribution is 9.10. The Hall–Kier alpha value is -0.780. The first-order chi connectivity index (χ1) is 9.11. The summed E-state index contributed by atoms with van der Waals surface area (Å²) in [6, 6.07) is 6.55. The van der Waals surface area contributed by atoms with E-state index in [1.54, 1.807) is 11.3 Å². The molecule has 0 radical (unpaired) electrons. The summed E-state index contributed by atoms with van der Waals surface area (Å²) in [5, 5.41) is 14.0. The molecular weight excluding hydrogens is 322 g/mol. The lowest BCUT2D eigenvalue weighted by atomic mass is 10.2. The number of benzene rings is 1. The van der Waals surface area contributed by atoms with Crippen molar-refractivity contribution in [3.05, 3.63) is 33.2 Å². The Morgan fingerprint density at radius 2 is 2.16 bits per heavy atom. The number of aromatic nitrogens is 2. The summed E-state index contributed by atoms with van der Waals surface area (Å²) in [5.74, 6) is 0. The van der Waals surface area contributed by atoms with E-state index >= 15 is 0 Å². The highest BCUT2D eigenvalue weighted by atomic mass is 79.9. The van der Waals surface area contributed by atoms with Crippen molar-refractivity contribution in [2.24, 2.45) is 0 Å². The fourth-order valence-electron chi connectivity index (χ4n) is 1.76. The second-order valence-corrected chi connectivity index (χ2v) is 6.47. The van der Waals surface area contributed by atoms with E-state index in [1.807, 2.05) is 0 Å². The van der Waals surface area contributed by atoms with E-state index < -0.39 is 0 Å². The molecule has 3 nitrogen and oxygen atoms in total. The summed E-state index contributed by atoms with van der Waals surface area (Å²) in [6.07, 6.45) is 1.12. The standard InChI is InChI=1S/C14H18BrN3S/c1-4-7-16-10(3)13-17-18-14(19-13)11-6-5-9(2)8-12(11)15/h5-6,8,10,16H,4,7H2,1-3H3. The Bertz CT molecular complexity index is 553. The van der Waals surface area contributed by atoms with Gasteiger partial charge < -0.3 is 5.32 Å². The van der Waals surface area contributed by atoms with E-state index in [0.717, 1.165) is 33.0 Å². The summed E-state index contributed by atoms with van der Waals surface area (Å²) < 4.78 is 1.07. The minimum Gasteiger partial charge on any atom is -0.308 e. The van der Waals surface area contributed by atoms with Crippen molar-refractivity contribution in [1.29, 1.82) is 0 Å². The summed E-state index contributed by atoms with van der Waals surface area (Å²) in [5.41, 5.74) is 2.34. The largest absolute Gasteiger partial charge is 0.308 e. The molecule has 0 fully saturated rings. The highest BCUT2D eigenvalue weighted by Gasteiger charge is 2.14. The summed E-state index contributed by atoms with van der Waals surface area (Å²) >= 11 is 5.25. The van der Waals surface area contributed by atoms with Gasteiger partial charge in [-0.1, -0.05) is 46.3 Å². The van der Waals surface area contributed by atoms with Crippen LogP contribution in [-0.4, -0.2) is 16.7 Å². The maximum Gasteiger partial charge on any atom is 0.148 e. The van der Waals surface area contributed by atoms with Gasteiger partial charge in [-0.05, 0) is 38.4 Å². The third-order valence-corrected chi connectivity index (χ3v) is 4.66. The molecule has 1 heterocycles. The van der Waals surface area contributed by atoms with Gasteiger partial charge in [0.15, 0.2) is 0 Å². The van der Waals surface area contributed by atoms with Crippen LogP contribution in [0, 0.1) is 6.92 Å². The third kappa shape index (κ3) is 3.61. The van der Waals surface area contributed by atoms with Gasteiger partial charge in [-0.15, -0.1) is 10.2 Å². The molecule has 2 rings (SSSR count). The van der Waals surface area contributed by atoms with Crippen molar-refractivity contribution in [3.63, 3.8) is 0 Å². The first-order valence-corrected chi connectivity index (χ1v) is 8.06. The van der Waals surface area contributed by atoms with Crippen molar-refractivity contribution >= 4 is 27.3 Å². The molecule has 0 aliphatic heterocycles. The molecule has 0 saturated carbocycles. The maximum atomic E-state index is 4.30. The molecule has 0 amide bonds. The minimum absolute atomic E-state index is 0.260. The van der Waals surface area contributed by atoms with Gasteiger partial charge in [-0.25, -0.2) is 0 Å². The molecule has 2 aromatic rings. The molecule has 5 heteroatoms. The first kappa shape index (κ1) is 14.6. The van der Waals surface area contributed by atoms with E-state index in [0.29, 0.717) is 0 Å². The number of halogens is 1. The lowest BCUT2D eigenvalue weighted by molar-refractivity contribution is 0.564. The van der Waals surface area contributed by atoms with Crippen LogP contribution in [-0.2, 0) is 0 Å². The van der Waals surface area contributed by atoms with Crippen molar-refractivity contribution in [2.75, 3.05) is 6.54 Å². The molecule has 1 atom stereocenters. The van der Waals surface area contributed by atoms with Crippen LogP contribution in [0.3, 0.4) is 0 Å². The zero-order chi connectivity index (χ0) is 13.8. The first-order valence-electron chi connectivity index (χ1n) is 6.45. The Balaban J connectivity index is 2.20. The van der Waals surface area contributed by atoms with Gasteiger partial charge in [0.2, 0.25) is 0 Å². The molecule has 1 N–H and O–H groups in total. The van der Waals surface area contributed by atoms with Gasteiger partial charge in [-0.3, -0.25) is 0 Å². The fraction of sp³-hybridized carbons (Fsp3) is 0.429. The zero-order valence-electron chi connectivity index (χ0n) is 11.4. The predicted octanol–water partition coefficient (Wildman–Crippen LogP) is 4.34. The molecular formula is C14H18BrN3S.